The Labute approximate surface area is 105 Å². The summed E-state index contributed by atoms with van der Waals surface area (Å²) in [6.45, 7) is 0.555. The van der Waals surface area contributed by atoms with Crippen molar-refractivity contribution in [3.05, 3.63) is 29.6 Å². The fraction of sp³-hybridized carbons (Fsp3) is 0.364. The first kappa shape index (κ1) is 13.5. The molecule has 6 heteroatoms. The second kappa shape index (κ2) is 6.27. The molecule has 0 bridgehead atoms. The summed E-state index contributed by atoms with van der Waals surface area (Å²) in [6.07, 6.45) is 2.03. The van der Waals surface area contributed by atoms with Crippen molar-refractivity contribution in [3.63, 3.8) is 0 Å². The predicted molar refractivity (Wildman–Crippen MR) is 68.8 cm³/mol. The molecule has 0 aliphatic carbocycles. The lowest BCUT2D eigenvalue weighted by Crippen LogP contribution is -2.29. The van der Waals surface area contributed by atoms with E-state index < -0.39 is 0 Å². The Bertz CT molecular complexity index is 406. The van der Waals surface area contributed by atoms with Crippen molar-refractivity contribution in [2.45, 2.75) is 6.42 Å². The van der Waals surface area contributed by atoms with Crippen molar-refractivity contribution in [1.29, 1.82) is 0 Å². The number of carbonyl (C=O) groups is 1. The van der Waals surface area contributed by atoms with Gasteiger partial charge in [-0.2, -0.15) is 0 Å². The maximum atomic E-state index is 11.8. The number of nitrogens with two attached hydrogens (primary N) is 1. The number of aliphatic hydroxyl groups is 1. The lowest BCUT2D eigenvalue weighted by Gasteiger charge is -2.15. The monoisotopic (exact) mass is 253 g/mol. The van der Waals surface area contributed by atoms with Crippen LogP contribution in [-0.4, -0.2) is 46.1 Å². The molecule has 0 aliphatic rings. The number of pyridine rings is 1. The minimum Gasteiger partial charge on any atom is -0.396 e. The van der Waals surface area contributed by atoms with Crippen LogP contribution in [0.4, 0.5) is 0 Å². The van der Waals surface area contributed by atoms with Crippen LogP contribution in [0.25, 0.3) is 0 Å². The smallest absolute Gasteiger partial charge is 0.272 e. The fourth-order valence-electron chi connectivity index (χ4n) is 1.27. The van der Waals surface area contributed by atoms with Crippen LogP contribution in [0.2, 0.25) is 0 Å². The average Bonchev–Trinajstić information content (AvgIpc) is 2.35. The third-order valence-electron chi connectivity index (χ3n) is 2.27. The Morgan fingerprint density at radius 1 is 1.59 bits per heavy atom. The van der Waals surface area contributed by atoms with Gasteiger partial charge in [-0.3, -0.25) is 9.78 Å². The number of hydrogen-bond donors (Lipinski definition) is 2. The Hall–Kier alpha value is -1.53. The molecule has 5 nitrogen and oxygen atoms in total. The molecular formula is C11H15N3O2S. The normalized spacial score (nSPS) is 10.0. The van der Waals surface area contributed by atoms with Crippen LogP contribution in [0.1, 0.15) is 22.5 Å². The second-order valence-corrected chi connectivity index (χ2v) is 4.04. The first-order valence-electron chi connectivity index (χ1n) is 5.18. The third kappa shape index (κ3) is 3.76. The topological polar surface area (TPSA) is 79.5 Å². The van der Waals surface area contributed by atoms with E-state index in [2.05, 4.69) is 4.98 Å². The van der Waals surface area contributed by atoms with Gasteiger partial charge in [0, 0.05) is 32.0 Å². The molecular weight excluding hydrogens is 238 g/mol. The van der Waals surface area contributed by atoms with Crippen LogP contribution < -0.4 is 5.73 Å². The van der Waals surface area contributed by atoms with Gasteiger partial charge in [-0.15, -0.1) is 0 Å². The number of rotatable bonds is 5. The van der Waals surface area contributed by atoms with E-state index in [-0.39, 0.29) is 17.5 Å². The van der Waals surface area contributed by atoms with E-state index in [9.17, 15) is 4.79 Å². The highest BCUT2D eigenvalue weighted by atomic mass is 32.1. The van der Waals surface area contributed by atoms with Crippen molar-refractivity contribution >= 4 is 23.1 Å². The highest BCUT2D eigenvalue weighted by Crippen LogP contribution is 2.03. The summed E-state index contributed by atoms with van der Waals surface area (Å²) in [4.78, 5) is 17.6. The minimum absolute atomic E-state index is 0.0609. The van der Waals surface area contributed by atoms with Crippen LogP contribution in [0.3, 0.4) is 0 Å². The largest absolute Gasteiger partial charge is 0.396 e. The van der Waals surface area contributed by atoms with Gasteiger partial charge in [-0.05, 0) is 18.6 Å². The first-order chi connectivity index (χ1) is 8.06. The number of hydrogen-bond acceptors (Lipinski definition) is 4. The molecule has 0 atom stereocenters. The molecule has 92 valence electrons. The molecule has 0 aromatic carbocycles. The van der Waals surface area contributed by atoms with Crippen LogP contribution in [0.15, 0.2) is 18.3 Å². The zero-order valence-corrected chi connectivity index (χ0v) is 10.4. The number of carbonyl (C=O) groups excluding carboxylic acids is 1. The maximum Gasteiger partial charge on any atom is 0.272 e. The Morgan fingerprint density at radius 3 is 2.76 bits per heavy atom. The lowest BCUT2D eigenvalue weighted by atomic mass is 10.2. The molecule has 3 N–H and O–H groups in total. The Kier molecular flexibility index (Phi) is 4.99. The van der Waals surface area contributed by atoms with E-state index >= 15 is 0 Å². The van der Waals surface area contributed by atoms with Gasteiger partial charge in [0.25, 0.3) is 5.91 Å². The Balaban J connectivity index is 2.72. The third-order valence-corrected chi connectivity index (χ3v) is 2.50. The summed E-state index contributed by atoms with van der Waals surface area (Å²) in [5, 5.41) is 8.68. The fourth-order valence-corrected chi connectivity index (χ4v) is 1.39. The van der Waals surface area contributed by atoms with E-state index in [1.54, 1.807) is 19.2 Å². The van der Waals surface area contributed by atoms with Gasteiger partial charge in [0.2, 0.25) is 0 Å². The highest BCUT2D eigenvalue weighted by molar-refractivity contribution is 7.80. The van der Waals surface area contributed by atoms with E-state index in [0.717, 1.165) is 0 Å². The summed E-state index contributed by atoms with van der Waals surface area (Å²) in [6, 6.07) is 3.26. The summed E-state index contributed by atoms with van der Waals surface area (Å²) >= 11 is 4.79. The van der Waals surface area contributed by atoms with Gasteiger partial charge < -0.3 is 15.7 Å². The van der Waals surface area contributed by atoms with Crippen molar-refractivity contribution in [2.24, 2.45) is 5.73 Å². The molecule has 0 spiro atoms. The molecule has 1 heterocycles. The quantitative estimate of drug-likeness (QED) is 0.731. The zero-order valence-electron chi connectivity index (χ0n) is 9.59. The van der Waals surface area contributed by atoms with Gasteiger partial charge in [-0.25, -0.2) is 0 Å². The van der Waals surface area contributed by atoms with Gasteiger partial charge in [0.15, 0.2) is 0 Å². The zero-order chi connectivity index (χ0) is 12.8. The van der Waals surface area contributed by atoms with Crippen LogP contribution >= 0.6 is 12.2 Å². The second-order valence-electron chi connectivity index (χ2n) is 3.60. The van der Waals surface area contributed by atoms with Crippen molar-refractivity contribution < 1.29 is 9.90 Å². The molecule has 0 radical (unpaired) electrons. The number of nitrogens with zero attached hydrogens (tertiary/aromatic N) is 2. The van der Waals surface area contributed by atoms with Crippen molar-refractivity contribution in [1.82, 2.24) is 9.88 Å². The summed E-state index contributed by atoms with van der Waals surface area (Å²) in [5.41, 5.74) is 6.41. The molecule has 1 rings (SSSR count). The van der Waals surface area contributed by atoms with Crippen LogP contribution in [0.5, 0.6) is 0 Å². The van der Waals surface area contributed by atoms with Gasteiger partial charge in [0.1, 0.15) is 10.7 Å². The molecule has 0 saturated carbocycles. The van der Waals surface area contributed by atoms with Crippen molar-refractivity contribution in [2.75, 3.05) is 20.2 Å². The average molecular weight is 253 g/mol. The molecule has 1 aromatic rings. The van der Waals surface area contributed by atoms with E-state index in [1.807, 2.05) is 0 Å². The number of aromatic nitrogens is 1. The van der Waals surface area contributed by atoms with Crippen molar-refractivity contribution in [3.8, 4) is 0 Å². The molecule has 0 unspecified atom stereocenters. The minimum atomic E-state index is -0.187. The van der Waals surface area contributed by atoms with Gasteiger partial charge in [0.05, 0.1) is 0 Å². The number of amides is 1. The van der Waals surface area contributed by atoms with E-state index in [0.29, 0.717) is 24.2 Å². The number of thiocarbonyl (C=S) groups is 1. The molecule has 0 saturated heterocycles. The van der Waals surface area contributed by atoms with Crippen LogP contribution in [0, 0.1) is 0 Å². The Morgan fingerprint density at radius 2 is 2.29 bits per heavy atom. The van der Waals surface area contributed by atoms with Crippen LogP contribution in [-0.2, 0) is 0 Å². The lowest BCUT2D eigenvalue weighted by molar-refractivity contribution is 0.0780. The number of aliphatic hydroxyl groups excluding tert-OH is 1. The molecule has 0 fully saturated rings. The highest BCUT2D eigenvalue weighted by Gasteiger charge is 2.12. The SMILES string of the molecule is CN(CCCO)C(=O)c1ccc(C(N)=S)cn1. The standard InChI is InChI=1S/C11H15N3O2S/c1-14(5-2-6-15)11(16)9-4-3-8(7-13-9)10(12)17/h3-4,7,15H,2,5-6H2,1H3,(H2,12,17). The summed E-state index contributed by atoms with van der Waals surface area (Å²) in [5.74, 6) is -0.187. The maximum absolute atomic E-state index is 11.8. The first-order valence-corrected chi connectivity index (χ1v) is 5.59. The summed E-state index contributed by atoms with van der Waals surface area (Å²) < 4.78 is 0. The van der Waals surface area contributed by atoms with E-state index in [1.165, 1.54) is 11.1 Å². The van der Waals surface area contributed by atoms with E-state index in [4.69, 9.17) is 23.1 Å². The predicted octanol–water partition coefficient (Wildman–Crippen LogP) is 0.170. The molecule has 1 amide bonds. The molecule has 0 aliphatic heterocycles. The molecule has 1 aromatic heterocycles. The van der Waals surface area contributed by atoms with Gasteiger partial charge >= 0.3 is 0 Å². The summed E-state index contributed by atoms with van der Waals surface area (Å²) in [7, 11) is 1.67. The van der Waals surface area contributed by atoms with Gasteiger partial charge in [-0.1, -0.05) is 12.2 Å². The molecule has 17 heavy (non-hydrogen) atoms.